The molecule has 3 aromatic rings. The molecule has 1 atom stereocenters. The molecule has 0 saturated carbocycles. The van der Waals surface area contributed by atoms with Gasteiger partial charge >= 0.3 is 5.97 Å². The van der Waals surface area contributed by atoms with Gasteiger partial charge in [-0.15, -0.1) is 0 Å². The molecular formula is C31H34O3. The predicted octanol–water partition coefficient (Wildman–Crippen LogP) is 7.71. The first-order valence-electron chi connectivity index (χ1n) is 12.0. The van der Waals surface area contributed by atoms with Gasteiger partial charge in [-0.3, -0.25) is 0 Å². The number of fused-ring (bicyclic) bond motifs is 1. The maximum Gasteiger partial charge on any atom is 0.335 e. The Morgan fingerprint density at radius 3 is 2.21 bits per heavy atom. The highest BCUT2D eigenvalue weighted by Gasteiger charge is 2.37. The standard InChI is InChI=1S/C31H34O3/c1-30(2)18-19-31(3,4)27-20-25(15-16-26(27)30)28(34-21-23-8-6-5-7-9-23)17-12-22-10-13-24(14-11-22)29(32)33/h5-17,20,28H,18-19,21H2,1-4H3,(H,32,33). The first-order valence-corrected chi connectivity index (χ1v) is 12.0. The molecule has 0 spiro atoms. The number of carbonyl (C=O) groups is 1. The van der Waals surface area contributed by atoms with Crippen LogP contribution in [0.2, 0.25) is 0 Å². The average Bonchev–Trinajstić information content (AvgIpc) is 2.83. The lowest BCUT2D eigenvalue weighted by Crippen LogP contribution is -2.34. The highest BCUT2D eigenvalue weighted by Crippen LogP contribution is 2.46. The summed E-state index contributed by atoms with van der Waals surface area (Å²) in [5.41, 5.74) is 6.64. The molecule has 0 heterocycles. The highest BCUT2D eigenvalue weighted by molar-refractivity contribution is 5.87. The van der Waals surface area contributed by atoms with E-state index in [0.29, 0.717) is 6.61 Å². The van der Waals surface area contributed by atoms with Crippen LogP contribution in [0.15, 0.2) is 78.9 Å². The molecule has 1 unspecified atom stereocenters. The SMILES string of the molecule is CC1(C)CCC(C)(C)c2cc(C(C=Cc3ccc(C(=O)O)cc3)OCc3ccccc3)ccc21. The molecule has 0 aromatic heterocycles. The molecule has 0 fully saturated rings. The maximum atomic E-state index is 11.2. The van der Waals surface area contributed by atoms with Gasteiger partial charge < -0.3 is 9.84 Å². The second-order valence-corrected chi connectivity index (χ2v) is 10.6. The Kier molecular flexibility index (Phi) is 6.77. The van der Waals surface area contributed by atoms with Crippen molar-refractivity contribution in [3.05, 3.63) is 112 Å². The number of hydrogen-bond acceptors (Lipinski definition) is 2. The van der Waals surface area contributed by atoms with Crippen LogP contribution >= 0.6 is 0 Å². The summed E-state index contributed by atoms with van der Waals surface area (Å²) in [5, 5.41) is 9.16. The molecule has 1 N–H and O–H groups in total. The molecule has 0 radical (unpaired) electrons. The van der Waals surface area contributed by atoms with Gasteiger partial charge in [-0.05, 0) is 63.6 Å². The zero-order valence-corrected chi connectivity index (χ0v) is 20.5. The number of benzene rings is 3. The second kappa shape index (κ2) is 9.60. The normalized spacial score (nSPS) is 17.3. The number of ether oxygens (including phenoxy) is 1. The maximum absolute atomic E-state index is 11.2. The summed E-state index contributed by atoms with van der Waals surface area (Å²) in [6.07, 6.45) is 6.21. The molecule has 3 nitrogen and oxygen atoms in total. The molecule has 4 rings (SSSR count). The molecule has 176 valence electrons. The summed E-state index contributed by atoms with van der Waals surface area (Å²) >= 11 is 0. The third-order valence-corrected chi connectivity index (χ3v) is 7.10. The molecule has 0 bridgehead atoms. The van der Waals surface area contributed by atoms with Crippen molar-refractivity contribution in [3.63, 3.8) is 0 Å². The van der Waals surface area contributed by atoms with E-state index >= 15 is 0 Å². The molecule has 1 aliphatic rings. The van der Waals surface area contributed by atoms with Crippen LogP contribution < -0.4 is 0 Å². The summed E-state index contributed by atoms with van der Waals surface area (Å²) in [6.45, 7) is 9.87. The first-order chi connectivity index (χ1) is 16.2. The monoisotopic (exact) mass is 454 g/mol. The van der Waals surface area contributed by atoms with Gasteiger partial charge in [-0.1, -0.05) is 101 Å². The minimum absolute atomic E-state index is 0.126. The Bertz CT molecular complexity index is 1170. The second-order valence-electron chi connectivity index (χ2n) is 10.6. The summed E-state index contributed by atoms with van der Waals surface area (Å²) in [4.78, 5) is 11.2. The molecule has 1 aliphatic carbocycles. The van der Waals surface area contributed by atoms with E-state index in [-0.39, 0.29) is 22.5 Å². The van der Waals surface area contributed by atoms with E-state index < -0.39 is 5.97 Å². The van der Waals surface area contributed by atoms with Gasteiger partial charge in [-0.25, -0.2) is 4.79 Å². The number of carboxylic acid groups (broad SMARTS) is 1. The van der Waals surface area contributed by atoms with E-state index in [1.165, 1.54) is 17.5 Å². The average molecular weight is 455 g/mol. The van der Waals surface area contributed by atoms with E-state index in [9.17, 15) is 4.79 Å². The predicted molar refractivity (Wildman–Crippen MR) is 138 cm³/mol. The van der Waals surface area contributed by atoms with Gasteiger partial charge in [0.15, 0.2) is 0 Å². The van der Waals surface area contributed by atoms with Crippen LogP contribution in [0.3, 0.4) is 0 Å². The largest absolute Gasteiger partial charge is 0.478 e. The van der Waals surface area contributed by atoms with Crippen molar-refractivity contribution in [2.24, 2.45) is 0 Å². The summed E-state index contributed by atoms with van der Waals surface area (Å²) in [5.74, 6) is -0.917. The van der Waals surface area contributed by atoms with Crippen LogP contribution in [-0.2, 0) is 22.2 Å². The fourth-order valence-electron chi connectivity index (χ4n) is 4.74. The van der Waals surface area contributed by atoms with E-state index in [0.717, 1.165) is 23.1 Å². The van der Waals surface area contributed by atoms with E-state index in [2.05, 4.69) is 64.1 Å². The quantitative estimate of drug-likeness (QED) is 0.398. The van der Waals surface area contributed by atoms with Gasteiger partial charge in [0.25, 0.3) is 0 Å². The number of hydrogen-bond donors (Lipinski definition) is 1. The molecular weight excluding hydrogens is 420 g/mol. The Morgan fingerprint density at radius 1 is 0.912 bits per heavy atom. The first kappa shape index (κ1) is 24.0. The summed E-state index contributed by atoms with van der Waals surface area (Å²) in [6, 6.07) is 24.0. The van der Waals surface area contributed by atoms with E-state index in [1.54, 1.807) is 12.1 Å². The van der Waals surface area contributed by atoms with Crippen LogP contribution in [-0.4, -0.2) is 11.1 Å². The fourth-order valence-corrected chi connectivity index (χ4v) is 4.74. The van der Waals surface area contributed by atoms with Crippen LogP contribution in [0, 0.1) is 0 Å². The molecule has 0 aliphatic heterocycles. The third-order valence-electron chi connectivity index (χ3n) is 7.10. The highest BCUT2D eigenvalue weighted by atomic mass is 16.5. The van der Waals surface area contributed by atoms with Gasteiger partial charge in [0.2, 0.25) is 0 Å². The van der Waals surface area contributed by atoms with E-state index in [4.69, 9.17) is 9.84 Å². The van der Waals surface area contributed by atoms with Crippen molar-refractivity contribution in [2.75, 3.05) is 0 Å². The zero-order valence-electron chi connectivity index (χ0n) is 20.5. The lowest BCUT2D eigenvalue weighted by Gasteiger charge is -2.42. The van der Waals surface area contributed by atoms with Gasteiger partial charge in [0.1, 0.15) is 6.10 Å². The van der Waals surface area contributed by atoms with Crippen molar-refractivity contribution < 1.29 is 14.6 Å². The van der Waals surface area contributed by atoms with Crippen molar-refractivity contribution in [3.8, 4) is 0 Å². The lowest BCUT2D eigenvalue weighted by atomic mass is 9.63. The number of carboxylic acids is 1. The molecule has 0 saturated heterocycles. The third kappa shape index (κ3) is 5.31. The molecule has 0 amide bonds. The lowest BCUT2D eigenvalue weighted by molar-refractivity contribution is 0.0696. The number of rotatable bonds is 7. The van der Waals surface area contributed by atoms with Crippen LogP contribution in [0.4, 0.5) is 0 Å². The summed E-state index contributed by atoms with van der Waals surface area (Å²) < 4.78 is 6.43. The Hall–Kier alpha value is -3.17. The molecule has 3 aromatic carbocycles. The minimum atomic E-state index is -0.917. The molecule has 34 heavy (non-hydrogen) atoms. The van der Waals surface area contributed by atoms with Crippen molar-refractivity contribution in [1.29, 1.82) is 0 Å². The minimum Gasteiger partial charge on any atom is -0.478 e. The zero-order chi connectivity index (χ0) is 24.3. The van der Waals surface area contributed by atoms with Crippen molar-refractivity contribution >= 4 is 12.0 Å². The Balaban J connectivity index is 1.67. The van der Waals surface area contributed by atoms with Crippen molar-refractivity contribution in [1.82, 2.24) is 0 Å². The smallest absolute Gasteiger partial charge is 0.335 e. The van der Waals surface area contributed by atoms with E-state index in [1.807, 2.05) is 36.4 Å². The topological polar surface area (TPSA) is 46.5 Å². The Morgan fingerprint density at radius 2 is 1.56 bits per heavy atom. The fraction of sp³-hybridized carbons (Fsp3) is 0.323. The van der Waals surface area contributed by atoms with Crippen LogP contribution in [0.5, 0.6) is 0 Å². The summed E-state index contributed by atoms with van der Waals surface area (Å²) in [7, 11) is 0. The Labute approximate surface area is 203 Å². The van der Waals surface area contributed by atoms with Gasteiger partial charge in [0, 0.05) is 0 Å². The van der Waals surface area contributed by atoms with Crippen LogP contribution in [0.1, 0.15) is 84.8 Å². The van der Waals surface area contributed by atoms with Crippen molar-refractivity contribution in [2.45, 2.75) is 64.1 Å². The van der Waals surface area contributed by atoms with Gasteiger partial charge in [0.05, 0.1) is 12.2 Å². The van der Waals surface area contributed by atoms with Crippen LogP contribution in [0.25, 0.3) is 6.08 Å². The van der Waals surface area contributed by atoms with Gasteiger partial charge in [-0.2, -0.15) is 0 Å². The number of aromatic carboxylic acids is 1. The molecule has 3 heteroatoms.